The molecule has 1 aliphatic rings. The van der Waals surface area contributed by atoms with E-state index in [-0.39, 0.29) is 24.5 Å². The third kappa shape index (κ3) is 5.64. The smallest absolute Gasteiger partial charge is 0.416 e. The number of imidazole rings is 1. The number of ether oxygens (including phenoxy) is 2. The van der Waals surface area contributed by atoms with E-state index in [9.17, 15) is 18.0 Å². The summed E-state index contributed by atoms with van der Waals surface area (Å²) < 4.78 is 53.1. The average molecular weight is 521 g/mol. The van der Waals surface area contributed by atoms with Crippen LogP contribution in [0, 0.1) is 12.8 Å². The van der Waals surface area contributed by atoms with Crippen LogP contribution < -0.4 is 16.4 Å². The van der Waals surface area contributed by atoms with E-state index in [2.05, 4.69) is 4.98 Å². The second-order valence-electron chi connectivity index (χ2n) is 9.44. The van der Waals surface area contributed by atoms with Crippen LogP contribution >= 0.6 is 0 Å². The molecule has 1 fully saturated rings. The Morgan fingerprint density at radius 3 is 2.59 bits per heavy atom. The van der Waals surface area contributed by atoms with Crippen molar-refractivity contribution < 1.29 is 27.4 Å². The number of morpholine rings is 1. The van der Waals surface area contributed by atoms with Crippen molar-refractivity contribution in [3.8, 4) is 0 Å². The third-order valence-corrected chi connectivity index (χ3v) is 6.56. The third-order valence-electron chi connectivity index (χ3n) is 6.56. The number of anilines is 2. The van der Waals surface area contributed by atoms with Gasteiger partial charge in [-0.3, -0.25) is 4.79 Å². The van der Waals surface area contributed by atoms with Crippen molar-refractivity contribution >= 4 is 23.1 Å². The molecule has 0 spiro atoms. The largest absolute Gasteiger partial charge is 0.458 e. The predicted molar refractivity (Wildman–Crippen MR) is 132 cm³/mol. The van der Waals surface area contributed by atoms with Crippen LogP contribution in [-0.4, -0.2) is 52.9 Å². The fraction of sp³-hybridized carbons (Fsp3) is 0.480. The molecule has 3 heterocycles. The second kappa shape index (κ2) is 10.5. The first-order valence-corrected chi connectivity index (χ1v) is 12.0. The SMILES string of the molecule is Cc1c(Cc2c(COC(=O)C(N)C(C)C)nc3c(N)cc(N4CCOCC4)nn23)cccc1C(F)(F)F. The number of alkyl halides is 3. The van der Waals surface area contributed by atoms with Gasteiger partial charge in [-0.25, -0.2) is 9.50 Å². The Morgan fingerprint density at radius 2 is 1.95 bits per heavy atom. The number of nitrogens with two attached hydrogens (primary N) is 2. The standard InChI is InChI=1S/C25H31F3N6O3/c1-14(2)22(30)24(35)37-13-19-20(11-16-5-4-6-17(15(16)3)25(26,27)28)34-23(31-19)18(29)12-21(32-34)33-7-9-36-10-8-33/h4-6,12,14,22H,7-11,13,29-30H2,1-3H3. The molecule has 4 N–H and O–H groups in total. The van der Waals surface area contributed by atoms with E-state index in [0.29, 0.717) is 60.4 Å². The number of carbonyl (C=O) groups is 1. The molecule has 9 nitrogen and oxygen atoms in total. The zero-order valence-corrected chi connectivity index (χ0v) is 21.0. The zero-order chi connectivity index (χ0) is 26.9. The molecule has 0 saturated carbocycles. The summed E-state index contributed by atoms with van der Waals surface area (Å²) in [7, 11) is 0. The fourth-order valence-electron chi connectivity index (χ4n) is 4.23. The topological polar surface area (TPSA) is 121 Å². The summed E-state index contributed by atoms with van der Waals surface area (Å²) in [5.74, 6) is -0.129. The summed E-state index contributed by atoms with van der Waals surface area (Å²) in [6.45, 7) is 7.13. The van der Waals surface area contributed by atoms with Gasteiger partial charge in [0.1, 0.15) is 18.3 Å². The van der Waals surface area contributed by atoms with Crippen LogP contribution in [0.3, 0.4) is 0 Å². The molecule has 0 radical (unpaired) electrons. The van der Waals surface area contributed by atoms with E-state index in [1.165, 1.54) is 17.5 Å². The molecule has 1 atom stereocenters. The van der Waals surface area contributed by atoms with E-state index in [4.69, 9.17) is 26.0 Å². The van der Waals surface area contributed by atoms with E-state index in [1.807, 2.05) is 4.90 Å². The van der Waals surface area contributed by atoms with Crippen LogP contribution in [0.4, 0.5) is 24.7 Å². The van der Waals surface area contributed by atoms with Gasteiger partial charge in [-0.1, -0.05) is 26.0 Å². The lowest BCUT2D eigenvalue weighted by Crippen LogP contribution is -2.37. The van der Waals surface area contributed by atoms with E-state index >= 15 is 0 Å². The fourth-order valence-corrected chi connectivity index (χ4v) is 4.23. The number of nitrogens with zero attached hydrogens (tertiary/aromatic N) is 4. The van der Waals surface area contributed by atoms with Gasteiger partial charge in [0, 0.05) is 25.6 Å². The van der Waals surface area contributed by atoms with Gasteiger partial charge in [0.15, 0.2) is 11.5 Å². The molecule has 4 rings (SSSR count). The lowest BCUT2D eigenvalue weighted by molar-refractivity contribution is -0.147. The van der Waals surface area contributed by atoms with E-state index < -0.39 is 23.8 Å². The van der Waals surface area contributed by atoms with Crippen LogP contribution in [0.25, 0.3) is 5.65 Å². The summed E-state index contributed by atoms with van der Waals surface area (Å²) in [6.07, 6.45) is -4.42. The van der Waals surface area contributed by atoms with Gasteiger partial charge in [0.2, 0.25) is 0 Å². The van der Waals surface area contributed by atoms with Crippen LogP contribution in [0.5, 0.6) is 0 Å². The van der Waals surface area contributed by atoms with Gasteiger partial charge < -0.3 is 25.8 Å². The normalized spacial score (nSPS) is 15.4. The Hall–Kier alpha value is -3.38. The van der Waals surface area contributed by atoms with Gasteiger partial charge in [0.25, 0.3) is 0 Å². The average Bonchev–Trinajstić information content (AvgIpc) is 3.20. The number of halogens is 3. The van der Waals surface area contributed by atoms with E-state index in [1.54, 1.807) is 26.0 Å². The van der Waals surface area contributed by atoms with E-state index in [0.717, 1.165) is 6.07 Å². The lowest BCUT2D eigenvalue weighted by Gasteiger charge is -2.27. The number of carbonyl (C=O) groups excluding carboxylic acids is 1. The van der Waals surface area contributed by atoms with Crippen LogP contribution in [-0.2, 0) is 33.5 Å². The Balaban J connectivity index is 1.79. The molecule has 3 aromatic rings. The Morgan fingerprint density at radius 1 is 1.24 bits per heavy atom. The molecular formula is C25H31F3N6O3. The number of nitrogen functional groups attached to an aromatic ring is 1. The maximum atomic E-state index is 13.6. The summed E-state index contributed by atoms with van der Waals surface area (Å²) in [6, 6.07) is 4.94. The van der Waals surface area contributed by atoms with Crippen LogP contribution in [0.1, 0.15) is 41.9 Å². The monoisotopic (exact) mass is 520 g/mol. The van der Waals surface area contributed by atoms with Crippen molar-refractivity contribution in [3.05, 3.63) is 52.3 Å². The minimum absolute atomic E-state index is 0.0685. The number of hydrogen-bond acceptors (Lipinski definition) is 8. The molecule has 37 heavy (non-hydrogen) atoms. The maximum absolute atomic E-state index is 13.6. The molecule has 0 amide bonds. The zero-order valence-electron chi connectivity index (χ0n) is 21.0. The van der Waals surface area contributed by atoms with Crippen molar-refractivity contribution in [2.75, 3.05) is 36.9 Å². The van der Waals surface area contributed by atoms with Crippen LogP contribution in [0.15, 0.2) is 24.3 Å². The minimum atomic E-state index is -4.49. The highest BCUT2D eigenvalue weighted by Gasteiger charge is 2.33. The molecule has 1 saturated heterocycles. The Kier molecular flexibility index (Phi) is 7.60. The predicted octanol–water partition coefficient (Wildman–Crippen LogP) is 3.09. The number of aromatic nitrogens is 3. The lowest BCUT2D eigenvalue weighted by atomic mass is 9.98. The summed E-state index contributed by atoms with van der Waals surface area (Å²) >= 11 is 0. The highest BCUT2D eigenvalue weighted by Crippen LogP contribution is 2.34. The molecule has 0 aliphatic carbocycles. The highest BCUT2D eigenvalue weighted by atomic mass is 19.4. The minimum Gasteiger partial charge on any atom is -0.458 e. The van der Waals surface area contributed by atoms with Crippen LogP contribution in [0.2, 0.25) is 0 Å². The number of esters is 1. The molecular weight excluding hydrogens is 489 g/mol. The van der Waals surface area contributed by atoms with Crippen molar-refractivity contribution in [1.29, 1.82) is 0 Å². The number of hydrogen-bond donors (Lipinski definition) is 2. The summed E-state index contributed by atoms with van der Waals surface area (Å²) in [4.78, 5) is 19.0. The second-order valence-corrected chi connectivity index (χ2v) is 9.44. The number of rotatable bonds is 7. The number of fused-ring (bicyclic) bond motifs is 1. The quantitative estimate of drug-likeness (QED) is 0.456. The molecule has 0 bridgehead atoms. The van der Waals surface area contributed by atoms with Gasteiger partial charge >= 0.3 is 12.1 Å². The van der Waals surface area contributed by atoms with Gasteiger partial charge in [-0.2, -0.15) is 13.2 Å². The molecule has 2 aromatic heterocycles. The maximum Gasteiger partial charge on any atom is 0.416 e. The molecule has 1 aliphatic heterocycles. The highest BCUT2D eigenvalue weighted by molar-refractivity contribution is 5.76. The van der Waals surface area contributed by atoms with Gasteiger partial charge in [-0.15, -0.1) is 5.10 Å². The number of benzene rings is 1. The first kappa shape index (κ1) is 26.7. The molecule has 12 heteroatoms. The van der Waals surface area contributed by atoms with Crippen molar-refractivity contribution in [1.82, 2.24) is 14.6 Å². The first-order chi connectivity index (χ1) is 17.5. The molecule has 200 valence electrons. The van der Waals surface area contributed by atoms with Crippen molar-refractivity contribution in [2.24, 2.45) is 11.7 Å². The van der Waals surface area contributed by atoms with Gasteiger partial charge in [0.05, 0.1) is 30.2 Å². The Labute approximate surface area is 212 Å². The van der Waals surface area contributed by atoms with Crippen molar-refractivity contribution in [3.63, 3.8) is 0 Å². The van der Waals surface area contributed by atoms with Crippen molar-refractivity contribution in [2.45, 2.75) is 46.0 Å². The molecule has 1 unspecified atom stereocenters. The Bertz CT molecular complexity index is 1280. The first-order valence-electron chi connectivity index (χ1n) is 12.0. The summed E-state index contributed by atoms with van der Waals surface area (Å²) in [5, 5.41) is 4.72. The van der Waals surface area contributed by atoms with Gasteiger partial charge in [-0.05, 0) is 30.0 Å². The molecule has 1 aromatic carbocycles. The summed E-state index contributed by atoms with van der Waals surface area (Å²) in [5.41, 5.74) is 13.6.